The molecule has 0 spiro atoms. The molecule has 2 aliphatic rings. The van der Waals surface area contributed by atoms with Crippen molar-refractivity contribution in [2.24, 2.45) is 22.2 Å². The van der Waals surface area contributed by atoms with Gasteiger partial charge in [0, 0.05) is 42.3 Å². The molecule has 1 atom stereocenters. The standard InChI is InChI=1S/C25H36N6O.CH5N/c1-3-25(11-8-22(9-12-25)29-15-19-4-6-21(26)7-5-19)30-16-20(17-32)24(27)31-23-10-13-28-18(2)14-23;1-2/h4-6,10,13-14,16-17,21-22,29-30H,3,7-9,11-12,15,26H2,1-2H3,(H2,27,28,31);2H2,1H3/b20-16-;. The van der Waals surface area contributed by atoms with Gasteiger partial charge in [-0.15, -0.1) is 0 Å². The van der Waals surface area contributed by atoms with E-state index in [4.69, 9.17) is 11.5 Å². The molecule has 0 aliphatic heterocycles. The first kappa shape index (κ1) is 27.4. The molecule has 1 aromatic rings. The summed E-state index contributed by atoms with van der Waals surface area (Å²) in [5.41, 5.74) is 19.7. The number of aromatic nitrogens is 1. The predicted molar refractivity (Wildman–Crippen MR) is 141 cm³/mol. The van der Waals surface area contributed by atoms with Crippen LogP contribution in [0.3, 0.4) is 0 Å². The molecule has 3 rings (SSSR count). The Morgan fingerprint density at radius 1 is 1.32 bits per heavy atom. The number of pyridine rings is 1. The molecule has 34 heavy (non-hydrogen) atoms. The van der Waals surface area contributed by atoms with E-state index in [1.165, 1.54) is 12.6 Å². The normalized spacial score (nSPS) is 25.1. The van der Waals surface area contributed by atoms with E-state index in [-0.39, 0.29) is 17.4 Å². The van der Waals surface area contributed by atoms with Gasteiger partial charge in [-0.2, -0.15) is 0 Å². The Bertz CT molecular complexity index is 911. The molecule has 0 saturated heterocycles. The van der Waals surface area contributed by atoms with Crippen molar-refractivity contribution in [3.05, 3.63) is 59.6 Å². The van der Waals surface area contributed by atoms with Gasteiger partial charge in [0.25, 0.3) is 0 Å². The monoisotopic (exact) mass is 467 g/mol. The third-order valence-electron chi connectivity index (χ3n) is 6.51. The molecule has 1 heterocycles. The van der Waals surface area contributed by atoms with E-state index in [2.05, 4.69) is 51.5 Å². The van der Waals surface area contributed by atoms with E-state index in [0.29, 0.717) is 17.3 Å². The van der Waals surface area contributed by atoms with E-state index in [9.17, 15) is 4.79 Å². The molecule has 1 fully saturated rings. The average molecular weight is 468 g/mol. The van der Waals surface area contributed by atoms with Crippen LogP contribution < -0.4 is 27.8 Å². The highest BCUT2D eigenvalue weighted by atomic mass is 16.1. The maximum atomic E-state index is 11.7. The fraction of sp³-hybridized carbons (Fsp3) is 0.500. The van der Waals surface area contributed by atoms with Gasteiger partial charge in [-0.3, -0.25) is 9.78 Å². The van der Waals surface area contributed by atoms with Crippen LogP contribution in [0.1, 0.15) is 51.1 Å². The van der Waals surface area contributed by atoms with Gasteiger partial charge in [-0.1, -0.05) is 25.2 Å². The van der Waals surface area contributed by atoms with Gasteiger partial charge >= 0.3 is 0 Å². The van der Waals surface area contributed by atoms with Gasteiger partial charge in [0.1, 0.15) is 5.84 Å². The van der Waals surface area contributed by atoms with Gasteiger partial charge in [0.2, 0.25) is 0 Å². The van der Waals surface area contributed by atoms with Crippen LogP contribution in [0, 0.1) is 6.92 Å². The molecule has 0 radical (unpaired) electrons. The van der Waals surface area contributed by atoms with E-state index >= 15 is 0 Å². The zero-order valence-electron chi connectivity index (χ0n) is 20.8. The number of aldehydes is 1. The molecule has 186 valence electrons. The summed E-state index contributed by atoms with van der Waals surface area (Å²) in [6, 6.07) is 4.25. The highest BCUT2D eigenvalue weighted by Crippen LogP contribution is 2.31. The largest absolute Gasteiger partial charge is 0.385 e. The molecule has 1 aromatic heterocycles. The Morgan fingerprint density at radius 3 is 2.65 bits per heavy atom. The quantitative estimate of drug-likeness (QED) is 0.162. The lowest BCUT2D eigenvalue weighted by molar-refractivity contribution is -0.104. The number of hydrogen-bond acceptors (Lipinski definition) is 7. The predicted octanol–water partition coefficient (Wildman–Crippen LogP) is 2.52. The van der Waals surface area contributed by atoms with Crippen molar-refractivity contribution in [1.82, 2.24) is 15.6 Å². The maximum absolute atomic E-state index is 11.7. The Labute approximate surface area is 203 Å². The molecule has 8 nitrogen and oxygen atoms in total. The zero-order chi connectivity index (χ0) is 25.0. The lowest BCUT2D eigenvalue weighted by Gasteiger charge is -2.40. The van der Waals surface area contributed by atoms with Crippen molar-refractivity contribution in [3.63, 3.8) is 0 Å². The molecule has 0 aromatic carbocycles. The van der Waals surface area contributed by atoms with Crippen molar-refractivity contribution in [3.8, 4) is 0 Å². The number of nitrogens with two attached hydrogens (primary N) is 3. The number of carbonyl (C=O) groups excluding carboxylic acids is 1. The smallest absolute Gasteiger partial charge is 0.155 e. The summed E-state index contributed by atoms with van der Waals surface area (Å²) in [6.07, 6.45) is 16.7. The fourth-order valence-corrected chi connectivity index (χ4v) is 4.25. The van der Waals surface area contributed by atoms with Gasteiger partial charge in [-0.25, -0.2) is 4.99 Å². The van der Waals surface area contributed by atoms with Gasteiger partial charge in [-0.05, 0) is 70.2 Å². The van der Waals surface area contributed by atoms with Crippen LogP contribution in [-0.2, 0) is 4.79 Å². The van der Waals surface area contributed by atoms with E-state index < -0.39 is 0 Å². The van der Waals surface area contributed by atoms with Crippen LogP contribution in [-0.4, -0.2) is 48.3 Å². The van der Waals surface area contributed by atoms with Crippen LogP contribution in [0.25, 0.3) is 0 Å². The lowest BCUT2D eigenvalue weighted by atomic mass is 9.77. The topological polar surface area (TPSA) is 144 Å². The van der Waals surface area contributed by atoms with Crippen molar-refractivity contribution in [1.29, 1.82) is 0 Å². The van der Waals surface area contributed by atoms with Crippen LogP contribution in [0.15, 0.2) is 58.9 Å². The average Bonchev–Trinajstić information content (AvgIpc) is 2.86. The fourth-order valence-electron chi connectivity index (χ4n) is 4.25. The van der Waals surface area contributed by atoms with Crippen molar-refractivity contribution < 1.29 is 4.79 Å². The third-order valence-corrected chi connectivity index (χ3v) is 6.51. The minimum Gasteiger partial charge on any atom is -0.385 e. The number of hydrogen-bond donors (Lipinski definition) is 5. The number of carbonyl (C=O) groups is 1. The van der Waals surface area contributed by atoms with Gasteiger partial charge < -0.3 is 27.8 Å². The molecule has 2 aliphatic carbocycles. The van der Waals surface area contributed by atoms with Crippen molar-refractivity contribution in [2.75, 3.05) is 13.6 Å². The SMILES string of the molecule is CCC1(N/C=C(/C=O)C(N)=Nc2ccnc(C)c2)CCC(NCC2=CCC(N)C=C2)CC1.CN. The van der Waals surface area contributed by atoms with Gasteiger partial charge in [0.05, 0.1) is 11.3 Å². The first-order chi connectivity index (χ1) is 16.4. The van der Waals surface area contributed by atoms with E-state index in [0.717, 1.165) is 57.0 Å². The summed E-state index contributed by atoms with van der Waals surface area (Å²) in [5, 5.41) is 7.20. The van der Waals surface area contributed by atoms with Crippen LogP contribution in [0.5, 0.6) is 0 Å². The van der Waals surface area contributed by atoms with E-state index in [1.807, 2.05) is 13.0 Å². The number of aliphatic imine (C=N–C) groups is 1. The zero-order valence-corrected chi connectivity index (χ0v) is 20.8. The Kier molecular flexibility index (Phi) is 11.1. The highest BCUT2D eigenvalue weighted by molar-refractivity contribution is 6.13. The van der Waals surface area contributed by atoms with Crippen molar-refractivity contribution in [2.45, 2.75) is 70.0 Å². The number of nitrogens with one attached hydrogen (secondary N) is 2. The Hall–Kier alpha value is -2.81. The second-order valence-corrected chi connectivity index (χ2v) is 8.84. The number of aryl methyl sites for hydroxylation is 1. The number of rotatable bonds is 9. The van der Waals surface area contributed by atoms with E-state index in [1.54, 1.807) is 18.5 Å². The molecule has 0 bridgehead atoms. The summed E-state index contributed by atoms with van der Waals surface area (Å²) < 4.78 is 0. The summed E-state index contributed by atoms with van der Waals surface area (Å²) in [7, 11) is 1.50. The molecule has 1 saturated carbocycles. The second-order valence-electron chi connectivity index (χ2n) is 8.84. The molecule has 8 heteroatoms. The maximum Gasteiger partial charge on any atom is 0.155 e. The summed E-state index contributed by atoms with van der Waals surface area (Å²) in [4.78, 5) is 20.2. The molecule has 1 unspecified atom stereocenters. The summed E-state index contributed by atoms with van der Waals surface area (Å²) in [5.74, 6) is 0.202. The number of nitrogens with zero attached hydrogens (tertiary/aromatic N) is 2. The second kappa shape index (κ2) is 13.8. The summed E-state index contributed by atoms with van der Waals surface area (Å²) >= 11 is 0. The first-order valence-electron chi connectivity index (χ1n) is 12.1. The molecular formula is C26H41N7O. The Morgan fingerprint density at radius 2 is 2.06 bits per heavy atom. The lowest BCUT2D eigenvalue weighted by Crippen LogP contribution is -2.49. The van der Waals surface area contributed by atoms with Gasteiger partial charge in [0.15, 0.2) is 6.29 Å². The highest BCUT2D eigenvalue weighted by Gasteiger charge is 2.33. The third kappa shape index (κ3) is 8.20. The molecule has 0 amide bonds. The minimum absolute atomic E-state index is 0.0310. The first-order valence-corrected chi connectivity index (χ1v) is 12.1. The summed E-state index contributed by atoms with van der Waals surface area (Å²) in [6.45, 7) is 4.96. The van der Waals surface area contributed by atoms with Crippen LogP contribution in [0.2, 0.25) is 0 Å². The Balaban J connectivity index is 0.00000199. The molecule has 8 N–H and O–H groups in total. The minimum atomic E-state index is -0.0310. The van der Waals surface area contributed by atoms with Crippen molar-refractivity contribution >= 4 is 17.8 Å². The molecular weight excluding hydrogens is 426 g/mol. The van der Waals surface area contributed by atoms with Crippen LogP contribution >= 0.6 is 0 Å². The number of amidine groups is 1. The van der Waals surface area contributed by atoms with Crippen LogP contribution in [0.4, 0.5) is 5.69 Å².